The highest BCUT2D eigenvalue weighted by Crippen LogP contribution is 2.24. The maximum Gasteiger partial charge on any atom is 0.431 e. The Morgan fingerprint density at radius 3 is 2.37 bits per heavy atom. The van der Waals surface area contributed by atoms with Crippen LogP contribution in [-0.2, 0) is 9.53 Å². The Morgan fingerprint density at radius 2 is 1.89 bits per heavy atom. The lowest BCUT2D eigenvalue weighted by Crippen LogP contribution is -2.41. The van der Waals surface area contributed by atoms with Crippen molar-refractivity contribution in [3.8, 4) is 0 Å². The number of likely N-dealkylation sites (tertiary alicyclic amines) is 1. The number of rotatable bonds is 3. The Morgan fingerprint density at radius 1 is 1.32 bits per heavy atom. The number of esters is 1. The number of hydrogen-bond acceptors (Lipinski definition) is 3. The summed E-state index contributed by atoms with van der Waals surface area (Å²) in [5.74, 6) is -1.14. The molecule has 1 rings (SSSR count). The summed E-state index contributed by atoms with van der Waals surface area (Å²) in [6.45, 7) is 2.26. The molecule has 1 heterocycles. The number of nitrogens with zero attached hydrogens (tertiary/aromatic N) is 1. The van der Waals surface area contributed by atoms with Gasteiger partial charge in [0.15, 0.2) is 0 Å². The number of allylic oxidation sites excluding steroid dienone is 1. The van der Waals surface area contributed by atoms with Crippen LogP contribution < -0.4 is 5.32 Å². The Hall–Kier alpha value is -1.73. The molecular formula is C11H15F3N2O3. The molecule has 0 saturated carbocycles. The van der Waals surface area contributed by atoms with Crippen LogP contribution in [0.3, 0.4) is 0 Å². The summed E-state index contributed by atoms with van der Waals surface area (Å²) in [6.07, 6.45) is -3.05. The molecule has 0 aromatic heterocycles. The van der Waals surface area contributed by atoms with Gasteiger partial charge in [-0.25, -0.2) is 9.59 Å². The predicted octanol–water partition coefficient (Wildman–Crippen LogP) is 1.80. The van der Waals surface area contributed by atoms with Crippen LogP contribution in [0.5, 0.6) is 0 Å². The van der Waals surface area contributed by atoms with E-state index >= 15 is 0 Å². The molecule has 2 amide bonds. The van der Waals surface area contributed by atoms with Gasteiger partial charge in [0, 0.05) is 13.1 Å². The number of carbonyl (C=O) groups is 2. The molecule has 1 aliphatic heterocycles. The lowest BCUT2D eigenvalue weighted by Gasteiger charge is -2.19. The Balaban J connectivity index is 2.75. The van der Waals surface area contributed by atoms with Crippen molar-refractivity contribution < 1.29 is 27.5 Å². The third kappa shape index (κ3) is 4.80. The molecule has 1 N–H and O–H groups in total. The van der Waals surface area contributed by atoms with E-state index in [2.05, 4.69) is 4.74 Å². The van der Waals surface area contributed by atoms with Crippen molar-refractivity contribution >= 4 is 12.0 Å². The average Bonchev–Trinajstić information content (AvgIpc) is 2.80. The number of carbonyl (C=O) groups excluding carboxylic acids is 2. The van der Waals surface area contributed by atoms with Gasteiger partial charge < -0.3 is 15.0 Å². The number of nitrogens with one attached hydrogen (secondary N) is 1. The van der Waals surface area contributed by atoms with Gasteiger partial charge in [0.05, 0.1) is 12.7 Å². The molecule has 1 saturated heterocycles. The molecule has 0 atom stereocenters. The molecule has 19 heavy (non-hydrogen) atoms. The molecule has 108 valence electrons. The Kier molecular flexibility index (Phi) is 5.20. The molecule has 5 nitrogen and oxygen atoms in total. The number of hydrogen-bond donors (Lipinski definition) is 1. The maximum absolute atomic E-state index is 12.7. The van der Waals surface area contributed by atoms with Crippen LogP contribution in [-0.4, -0.2) is 42.8 Å². The van der Waals surface area contributed by atoms with Crippen LogP contribution in [0, 0.1) is 0 Å². The van der Waals surface area contributed by atoms with E-state index in [0.717, 1.165) is 12.8 Å². The van der Waals surface area contributed by atoms with Gasteiger partial charge in [-0.05, 0) is 19.8 Å². The van der Waals surface area contributed by atoms with Crippen molar-refractivity contribution in [3.63, 3.8) is 0 Å². The minimum atomic E-state index is -4.82. The van der Waals surface area contributed by atoms with E-state index < -0.39 is 23.9 Å². The van der Waals surface area contributed by atoms with Crippen LogP contribution in [0.1, 0.15) is 19.8 Å². The molecule has 0 aliphatic carbocycles. The van der Waals surface area contributed by atoms with E-state index in [4.69, 9.17) is 0 Å². The average molecular weight is 280 g/mol. The molecule has 8 heteroatoms. The Bertz CT molecular complexity index is 374. The van der Waals surface area contributed by atoms with Crippen molar-refractivity contribution in [1.82, 2.24) is 10.2 Å². The zero-order valence-corrected chi connectivity index (χ0v) is 10.4. The van der Waals surface area contributed by atoms with E-state index in [0.29, 0.717) is 13.1 Å². The number of halogens is 3. The first-order chi connectivity index (χ1) is 8.84. The van der Waals surface area contributed by atoms with Crippen LogP contribution in [0.15, 0.2) is 11.8 Å². The molecule has 0 bridgehead atoms. The van der Waals surface area contributed by atoms with Crippen molar-refractivity contribution in [2.75, 3.05) is 19.7 Å². The summed E-state index contributed by atoms with van der Waals surface area (Å²) in [6, 6.07) is -0.856. The van der Waals surface area contributed by atoms with Crippen LogP contribution in [0.4, 0.5) is 18.0 Å². The SMILES string of the molecule is CCOC(=O)C=C(NC(=O)N1CCCC1)C(F)(F)F. The number of urea groups is 1. The lowest BCUT2D eigenvalue weighted by atomic mass is 10.3. The second-order valence-corrected chi connectivity index (χ2v) is 3.93. The highest BCUT2D eigenvalue weighted by molar-refractivity contribution is 5.85. The summed E-state index contributed by atoms with van der Waals surface area (Å²) < 4.78 is 42.4. The van der Waals surface area contributed by atoms with Crippen molar-refractivity contribution in [1.29, 1.82) is 0 Å². The zero-order chi connectivity index (χ0) is 14.5. The first kappa shape index (κ1) is 15.3. The Labute approximate surface area is 108 Å². The van der Waals surface area contributed by atoms with E-state index in [9.17, 15) is 22.8 Å². The number of amides is 2. The summed E-state index contributed by atoms with van der Waals surface area (Å²) >= 11 is 0. The first-order valence-corrected chi connectivity index (χ1v) is 5.86. The number of ether oxygens (including phenoxy) is 1. The fourth-order valence-electron chi connectivity index (χ4n) is 1.61. The fraction of sp³-hybridized carbons (Fsp3) is 0.636. The van der Waals surface area contributed by atoms with E-state index in [1.54, 1.807) is 5.32 Å². The molecule has 1 fully saturated rings. The van der Waals surface area contributed by atoms with Crippen LogP contribution >= 0.6 is 0 Å². The van der Waals surface area contributed by atoms with Gasteiger partial charge in [-0.15, -0.1) is 0 Å². The highest BCUT2D eigenvalue weighted by atomic mass is 19.4. The standard InChI is InChI=1S/C11H15F3N2O3/c1-2-19-9(17)7-8(11(12,13)14)15-10(18)16-5-3-4-6-16/h7H,2-6H2,1H3,(H,15,18). The first-order valence-electron chi connectivity index (χ1n) is 5.86. The van der Waals surface area contributed by atoms with E-state index in [1.165, 1.54) is 11.8 Å². The van der Waals surface area contributed by atoms with Gasteiger partial charge in [0.2, 0.25) is 0 Å². The summed E-state index contributed by atoms with van der Waals surface area (Å²) in [5.41, 5.74) is -1.41. The fourth-order valence-corrected chi connectivity index (χ4v) is 1.61. The largest absolute Gasteiger partial charge is 0.463 e. The van der Waals surface area contributed by atoms with Gasteiger partial charge in [-0.3, -0.25) is 0 Å². The van der Waals surface area contributed by atoms with Gasteiger partial charge in [-0.1, -0.05) is 0 Å². The van der Waals surface area contributed by atoms with Crippen LogP contribution in [0.25, 0.3) is 0 Å². The smallest absolute Gasteiger partial charge is 0.431 e. The van der Waals surface area contributed by atoms with Gasteiger partial charge in [0.1, 0.15) is 5.70 Å². The van der Waals surface area contributed by atoms with Crippen molar-refractivity contribution in [3.05, 3.63) is 11.8 Å². The van der Waals surface area contributed by atoms with Gasteiger partial charge in [0.25, 0.3) is 0 Å². The van der Waals surface area contributed by atoms with Gasteiger partial charge >= 0.3 is 18.2 Å². The second-order valence-electron chi connectivity index (χ2n) is 3.93. The molecule has 0 aromatic rings. The molecule has 0 unspecified atom stereocenters. The zero-order valence-electron chi connectivity index (χ0n) is 10.4. The normalized spacial score (nSPS) is 16.4. The monoisotopic (exact) mass is 280 g/mol. The second kappa shape index (κ2) is 6.44. The van der Waals surface area contributed by atoms with Crippen LogP contribution in [0.2, 0.25) is 0 Å². The minimum Gasteiger partial charge on any atom is -0.463 e. The quantitative estimate of drug-likeness (QED) is 0.633. The van der Waals surface area contributed by atoms with Crippen molar-refractivity contribution in [2.24, 2.45) is 0 Å². The predicted molar refractivity (Wildman–Crippen MR) is 60.1 cm³/mol. The molecule has 0 radical (unpaired) electrons. The molecule has 0 aromatic carbocycles. The summed E-state index contributed by atoms with van der Waals surface area (Å²) in [5, 5.41) is 1.71. The summed E-state index contributed by atoms with van der Waals surface area (Å²) in [4.78, 5) is 23.9. The summed E-state index contributed by atoms with van der Waals surface area (Å²) in [7, 11) is 0. The molecular weight excluding hydrogens is 265 g/mol. The molecule has 0 spiro atoms. The van der Waals surface area contributed by atoms with Gasteiger partial charge in [-0.2, -0.15) is 13.2 Å². The molecule has 1 aliphatic rings. The maximum atomic E-state index is 12.7. The van der Waals surface area contributed by atoms with E-state index in [-0.39, 0.29) is 12.7 Å². The highest BCUT2D eigenvalue weighted by Gasteiger charge is 2.37. The van der Waals surface area contributed by atoms with E-state index in [1.807, 2.05) is 0 Å². The van der Waals surface area contributed by atoms with Crippen molar-refractivity contribution in [2.45, 2.75) is 25.9 Å². The third-order valence-corrected chi connectivity index (χ3v) is 2.49. The topological polar surface area (TPSA) is 58.6 Å². The number of alkyl halides is 3. The minimum absolute atomic E-state index is 0.0411. The lowest BCUT2D eigenvalue weighted by molar-refractivity contribution is -0.138. The third-order valence-electron chi connectivity index (χ3n) is 2.49.